The van der Waals surface area contributed by atoms with Crippen molar-refractivity contribution in [3.8, 4) is 0 Å². The highest BCUT2D eigenvalue weighted by Crippen LogP contribution is 2.22. The molecular formula is C12H28N2O2Si2. The van der Waals surface area contributed by atoms with Crippen LogP contribution in [-0.4, -0.2) is 54.5 Å². The molecule has 6 heteroatoms. The van der Waals surface area contributed by atoms with Crippen LogP contribution in [0.3, 0.4) is 0 Å². The lowest BCUT2D eigenvalue weighted by Gasteiger charge is -2.35. The van der Waals surface area contributed by atoms with Crippen molar-refractivity contribution >= 4 is 23.1 Å². The Hall–Kier alpha value is -0.176. The molecule has 0 saturated heterocycles. The van der Waals surface area contributed by atoms with Crippen molar-refractivity contribution in [3.05, 3.63) is 0 Å². The summed E-state index contributed by atoms with van der Waals surface area (Å²) >= 11 is 0. The Morgan fingerprint density at radius 2 is 1.83 bits per heavy atom. The molecule has 0 aromatic heterocycles. The van der Waals surface area contributed by atoms with Gasteiger partial charge in [-0.05, 0) is 25.4 Å². The van der Waals surface area contributed by atoms with E-state index in [1.807, 2.05) is 0 Å². The zero-order valence-electron chi connectivity index (χ0n) is 12.7. The summed E-state index contributed by atoms with van der Waals surface area (Å²) in [6.07, 6.45) is 4.43. The first-order chi connectivity index (χ1) is 8.32. The topological polar surface area (TPSA) is 34.1 Å². The van der Waals surface area contributed by atoms with Crippen molar-refractivity contribution < 1.29 is 8.85 Å². The normalized spacial score (nSPS) is 20.8. The smallest absolute Gasteiger partial charge is 0.334 e. The molecule has 0 fully saturated rings. The zero-order valence-corrected chi connectivity index (χ0v) is 14.7. The number of nitrogens with zero attached hydrogens (tertiary/aromatic N) is 2. The van der Waals surface area contributed by atoms with Crippen molar-refractivity contribution in [2.45, 2.75) is 51.1 Å². The van der Waals surface area contributed by atoms with E-state index in [2.05, 4.69) is 42.1 Å². The number of rotatable bonds is 7. The van der Waals surface area contributed by atoms with E-state index in [4.69, 9.17) is 8.85 Å². The Kier molecular flexibility index (Phi) is 5.57. The summed E-state index contributed by atoms with van der Waals surface area (Å²) in [6.45, 7) is 10.2. The Morgan fingerprint density at radius 1 is 1.22 bits per heavy atom. The van der Waals surface area contributed by atoms with Crippen LogP contribution in [0, 0.1) is 0 Å². The first kappa shape index (κ1) is 15.9. The van der Waals surface area contributed by atoms with Crippen LogP contribution in [0.1, 0.15) is 12.8 Å². The second-order valence-electron chi connectivity index (χ2n) is 6.15. The molecule has 106 valence electrons. The lowest BCUT2D eigenvalue weighted by Crippen LogP contribution is -2.49. The number of hydrogen-bond donors (Lipinski definition) is 0. The summed E-state index contributed by atoms with van der Waals surface area (Å²) in [4.78, 5) is 4.45. The van der Waals surface area contributed by atoms with E-state index in [9.17, 15) is 0 Å². The van der Waals surface area contributed by atoms with Gasteiger partial charge in [0, 0.05) is 20.3 Å². The summed E-state index contributed by atoms with van der Waals surface area (Å²) in [5.41, 5.74) is 0. The van der Waals surface area contributed by atoms with Gasteiger partial charge in [0.1, 0.15) is 8.24 Å². The van der Waals surface area contributed by atoms with Gasteiger partial charge in [-0.3, -0.25) is 4.99 Å². The second kappa shape index (κ2) is 6.32. The molecule has 1 aliphatic rings. The highest BCUT2D eigenvalue weighted by molar-refractivity contribution is 6.75. The lowest BCUT2D eigenvalue weighted by molar-refractivity contribution is 0.247. The summed E-state index contributed by atoms with van der Waals surface area (Å²) in [5.74, 6) is 0. The fourth-order valence-electron chi connectivity index (χ4n) is 2.34. The Balaban J connectivity index is 2.41. The fraction of sp³-hybridized carbons (Fsp3) is 0.917. The minimum Gasteiger partial charge on any atom is -0.398 e. The maximum absolute atomic E-state index is 5.53. The first-order valence-electron chi connectivity index (χ1n) is 6.71. The van der Waals surface area contributed by atoms with E-state index in [1.54, 1.807) is 14.2 Å². The molecule has 1 atom stereocenters. The van der Waals surface area contributed by atoms with Gasteiger partial charge in [-0.15, -0.1) is 0 Å². The number of hydrogen-bond acceptors (Lipinski definition) is 4. The molecule has 0 N–H and O–H groups in total. The van der Waals surface area contributed by atoms with Crippen molar-refractivity contribution in [3.63, 3.8) is 0 Å². The standard InChI is InChI=1S/C12H28N2O2Si2/c1-15-18(6,16-2)9-7-8-12-10-13-11-14(12)17(3,4)5/h11-12H,7-10H2,1-6H3. The maximum atomic E-state index is 5.53. The summed E-state index contributed by atoms with van der Waals surface area (Å²) in [6, 6.07) is 1.67. The fourth-order valence-corrected chi connectivity index (χ4v) is 5.49. The predicted octanol–water partition coefficient (Wildman–Crippen LogP) is 2.68. The zero-order chi connectivity index (χ0) is 13.8. The van der Waals surface area contributed by atoms with Crippen molar-refractivity contribution in [2.75, 3.05) is 20.8 Å². The van der Waals surface area contributed by atoms with E-state index in [0.717, 1.165) is 12.6 Å². The third-order valence-electron chi connectivity index (χ3n) is 3.72. The highest BCUT2D eigenvalue weighted by Gasteiger charge is 2.33. The summed E-state index contributed by atoms with van der Waals surface area (Å²) < 4.78 is 13.6. The third-order valence-corrected chi connectivity index (χ3v) is 8.74. The second-order valence-corrected chi connectivity index (χ2v) is 14.6. The van der Waals surface area contributed by atoms with E-state index >= 15 is 0 Å². The molecule has 0 aliphatic carbocycles. The summed E-state index contributed by atoms with van der Waals surface area (Å²) in [5, 5.41) is 0. The van der Waals surface area contributed by atoms with Gasteiger partial charge < -0.3 is 13.4 Å². The molecule has 0 amide bonds. The Morgan fingerprint density at radius 3 is 2.33 bits per heavy atom. The van der Waals surface area contributed by atoms with E-state index in [0.29, 0.717) is 6.04 Å². The van der Waals surface area contributed by atoms with Crippen LogP contribution in [0.5, 0.6) is 0 Å². The van der Waals surface area contributed by atoms with E-state index in [1.165, 1.54) is 12.8 Å². The summed E-state index contributed by atoms with van der Waals surface area (Å²) in [7, 11) is 0.381. The Bertz CT molecular complexity index is 288. The molecule has 0 bridgehead atoms. The quantitative estimate of drug-likeness (QED) is 0.676. The van der Waals surface area contributed by atoms with Gasteiger partial charge in [-0.2, -0.15) is 0 Å². The molecule has 1 rings (SSSR count). The SMILES string of the molecule is CO[Si](C)(CCCC1CN=CN1[Si](C)(C)C)OC. The van der Waals surface area contributed by atoms with Crippen LogP contribution in [-0.2, 0) is 8.85 Å². The van der Waals surface area contributed by atoms with Crippen molar-refractivity contribution in [2.24, 2.45) is 4.99 Å². The number of aliphatic imine (C=N–C) groups is 1. The Labute approximate surface area is 114 Å². The van der Waals surface area contributed by atoms with Gasteiger partial charge in [0.05, 0.1) is 12.9 Å². The van der Waals surface area contributed by atoms with Gasteiger partial charge in [0.25, 0.3) is 0 Å². The molecule has 0 aromatic rings. The molecule has 1 unspecified atom stereocenters. The molecule has 0 aromatic carbocycles. The maximum Gasteiger partial charge on any atom is 0.334 e. The third kappa shape index (κ3) is 4.19. The van der Waals surface area contributed by atoms with Gasteiger partial charge >= 0.3 is 8.56 Å². The highest BCUT2D eigenvalue weighted by atomic mass is 28.4. The minimum absolute atomic E-state index is 0.601. The average molecular weight is 289 g/mol. The van der Waals surface area contributed by atoms with Gasteiger partial charge in [-0.1, -0.05) is 19.6 Å². The molecule has 0 spiro atoms. The van der Waals surface area contributed by atoms with Gasteiger partial charge in [0.2, 0.25) is 0 Å². The molecule has 0 radical (unpaired) electrons. The van der Waals surface area contributed by atoms with E-state index < -0.39 is 16.8 Å². The molecular weight excluding hydrogens is 260 g/mol. The van der Waals surface area contributed by atoms with Crippen molar-refractivity contribution in [1.29, 1.82) is 0 Å². The van der Waals surface area contributed by atoms with E-state index in [-0.39, 0.29) is 0 Å². The monoisotopic (exact) mass is 288 g/mol. The molecule has 18 heavy (non-hydrogen) atoms. The van der Waals surface area contributed by atoms with Crippen LogP contribution in [0.25, 0.3) is 0 Å². The molecule has 1 aliphatic heterocycles. The van der Waals surface area contributed by atoms with Crippen molar-refractivity contribution in [1.82, 2.24) is 4.57 Å². The van der Waals surface area contributed by atoms with Crippen LogP contribution in [0.4, 0.5) is 0 Å². The first-order valence-corrected chi connectivity index (χ1v) is 12.7. The molecule has 1 heterocycles. The molecule has 4 nitrogen and oxygen atoms in total. The van der Waals surface area contributed by atoms with Gasteiger partial charge in [-0.25, -0.2) is 0 Å². The lowest BCUT2D eigenvalue weighted by atomic mass is 10.2. The predicted molar refractivity (Wildman–Crippen MR) is 82.0 cm³/mol. The van der Waals surface area contributed by atoms with Crippen LogP contribution >= 0.6 is 0 Å². The van der Waals surface area contributed by atoms with Crippen LogP contribution in [0.15, 0.2) is 4.99 Å². The van der Waals surface area contributed by atoms with Gasteiger partial charge in [0.15, 0.2) is 0 Å². The average Bonchev–Trinajstić information content (AvgIpc) is 2.77. The molecule has 0 saturated carbocycles. The van der Waals surface area contributed by atoms with Crippen LogP contribution < -0.4 is 0 Å². The largest absolute Gasteiger partial charge is 0.398 e. The minimum atomic E-state index is -1.89. The van der Waals surface area contributed by atoms with Crippen LogP contribution in [0.2, 0.25) is 32.2 Å².